The third-order valence-corrected chi connectivity index (χ3v) is 3.24. The van der Waals surface area contributed by atoms with E-state index in [9.17, 15) is 9.59 Å². The average molecular weight is 224 g/mol. The summed E-state index contributed by atoms with van der Waals surface area (Å²) in [5.41, 5.74) is 0.610. The fraction of sp³-hybridized carbons (Fsp3) is 0.692. The Morgan fingerprint density at radius 1 is 1.44 bits per heavy atom. The summed E-state index contributed by atoms with van der Waals surface area (Å²) in [6.45, 7) is 8.28. The zero-order valence-corrected chi connectivity index (χ0v) is 10.4. The van der Waals surface area contributed by atoms with Crippen molar-refractivity contribution >= 4 is 12.3 Å². The average Bonchev–Trinajstić information content (AvgIpc) is 2.77. The number of hydrogen-bond donors (Lipinski definition) is 0. The molecule has 3 nitrogen and oxygen atoms in total. The molecule has 2 atom stereocenters. The highest BCUT2D eigenvalue weighted by Gasteiger charge is 2.61. The highest BCUT2D eigenvalue weighted by Crippen LogP contribution is 2.59. The van der Waals surface area contributed by atoms with Crippen molar-refractivity contribution in [2.24, 2.45) is 17.3 Å². The first-order valence-electron chi connectivity index (χ1n) is 5.75. The molecule has 0 amide bonds. The molecule has 1 saturated carbocycles. The lowest BCUT2D eigenvalue weighted by molar-refractivity contribution is -0.146. The molecule has 0 aliphatic heterocycles. The molecule has 1 aliphatic carbocycles. The third kappa shape index (κ3) is 2.52. The summed E-state index contributed by atoms with van der Waals surface area (Å²) in [5.74, 6) is -0.0807. The number of carbonyl (C=O) groups is 2. The number of hydrogen-bond acceptors (Lipinski definition) is 3. The Kier molecular flexibility index (Phi) is 3.89. The first-order valence-corrected chi connectivity index (χ1v) is 5.75. The molecule has 0 heterocycles. The zero-order chi connectivity index (χ0) is 12.3. The molecular weight excluding hydrogens is 204 g/mol. The first-order chi connectivity index (χ1) is 7.45. The Labute approximate surface area is 96.9 Å². The number of allylic oxidation sites excluding steroid dienone is 2. The van der Waals surface area contributed by atoms with Crippen LogP contribution in [0, 0.1) is 17.3 Å². The van der Waals surface area contributed by atoms with Gasteiger partial charge in [0.25, 0.3) is 0 Å². The second-order valence-electron chi connectivity index (χ2n) is 5.02. The van der Waals surface area contributed by atoms with Crippen molar-refractivity contribution in [1.82, 2.24) is 0 Å². The normalized spacial score (nSPS) is 27.4. The van der Waals surface area contributed by atoms with Gasteiger partial charge in [-0.25, -0.2) is 0 Å². The van der Waals surface area contributed by atoms with Gasteiger partial charge in [-0.1, -0.05) is 26.8 Å². The van der Waals surface area contributed by atoms with E-state index in [2.05, 4.69) is 0 Å². The maximum atomic E-state index is 11.7. The molecule has 0 N–H and O–H groups in total. The number of aldehydes is 1. The van der Waals surface area contributed by atoms with E-state index in [1.807, 2.05) is 26.8 Å². The number of rotatable bonds is 5. The SMILES string of the molecule is CCCOC(=O)C1C(C=C(C)C=O)C1(C)C. The summed E-state index contributed by atoms with van der Waals surface area (Å²) in [7, 11) is 0. The van der Waals surface area contributed by atoms with Gasteiger partial charge in [-0.2, -0.15) is 0 Å². The van der Waals surface area contributed by atoms with E-state index in [-0.39, 0.29) is 23.2 Å². The van der Waals surface area contributed by atoms with E-state index in [1.165, 1.54) is 0 Å². The number of ether oxygens (including phenoxy) is 1. The van der Waals surface area contributed by atoms with E-state index in [4.69, 9.17) is 4.74 Å². The van der Waals surface area contributed by atoms with Crippen LogP contribution in [0.5, 0.6) is 0 Å². The molecule has 1 fully saturated rings. The molecule has 3 heteroatoms. The van der Waals surface area contributed by atoms with Gasteiger partial charge in [0.1, 0.15) is 6.29 Å². The standard InChI is InChI=1S/C13H20O3/c1-5-6-16-12(15)11-10(13(11,3)4)7-9(2)8-14/h7-8,10-11H,5-6H2,1-4H3. The summed E-state index contributed by atoms with van der Waals surface area (Å²) in [4.78, 5) is 22.3. The van der Waals surface area contributed by atoms with Crippen LogP contribution in [0.25, 0.3) is 0 Å². The Hall–Kier alpha value is -1.12. The summed E-state index contributed by atoms with van der Waals surface area (Å²) in [6.07, 6.45) is 3.54. The smallest absolute Gasteiger partial charge is 0.310 e. The molecule has 1 aliphatic rings. The second kappa shape index (κ2) is 4.81. The van der Waals surface area contributed by atoms with Crippen LogP contribution in [0.1, 0.15) is 34.1 Å². The van der Waals surface area contributed by atoms with E-state index in [0.717, 1.165) is 12.7 Å². The van der Waals surface area contributed by atoms with E-state index < -0.39 is 0 Å². The lowest BCUT2D eigenvalue weighted by Crippen LogP contribution is -2.11. The van der Waals surface area contributed by atoms with Gasteiger partial charge < -0.3 is 4.74 Å². The maximum Gasteiger partial charge on any atom is 0.310 e. The van der Waals surface area contributed by atoms with Gasteiger partial charge in [0.15, 0.2) is 0 Å². The van der Waals surface area contributed by atoms with Gasteiger partial charge in [0.05, 0.1) is 12.5 Å². The lowest BCUT2D eigenvalue weighted by atomic mass is 10.1. The molecule has 0 aromatic heterocycles. The van der Waals surface area contributed by atoms with Gasteiger partial charge >= 0.3 is 5.97 Å². The summed E-state index contributed by atoms with van der Waals surface area (Å²) in [5, 5.41) is 0. The summed E-state index contributed by atoms with van der Waals surface area (Å²) >= 11 is 0. The predicted octanol–water partition coefficient (Wildman–Crippen LogP) is 2.36. The topological polar surface area (TPSA) is 43.4 Å². The third-order valence-electron chi connectivity index (χ3n) is 3.24. The molecule has 0 aromatic carbocycles. The van der Waals surface area contributed by atoms with Crippen LogP contribution >= 0.6 is 0 Å². The Morgan fingerprint density at radius 3 is 2.56 bits per heavy atom. The maximum absolute atomic E-state index is 11.7. The molecule has 0 aromatic rings. The van der Waals surface area contributed by atoms with Crippen LogP contribution in [0.15, 0.2) is 11.6 Å². The lowest BCUT2D eigenvalue weighted by Gasteiger charge is -2.03. The molecule has 0 radical (unpaired) electrons. The second-order valence-corrected chi connectivity index (χ2v) is 5.02. The van der Waals surface area contributed by atoms with Gasteiger partial charge in [0, 0.05) is 0 Å². The van der Waals surface area contributed by atoms with E-state index in [0.29, 0.717) is 12.2 Å². The highest BCUT2D eigenvalue weighted by atomic mass is 16.5. The Balaban J connectivity index is 2.63. The predicted molar refractivity (Wildman–Crippen MR) is 61.8 cm³/mol. The van der Waals surface area contributed by atoms with Gasteiger partial charge in [0.2, 0.25) is 0 Å². The zero-order valence-electron chi connectivity index (χ0n) is 10.4. The van der Waals surface area contributed by atoms with Crippen LogP contribution in [-0.4, -0.2) is 18.9 Å². The summed E-state index contributed by atoms with van der Waals surface area (Å²) in [6, 6.07) is 0. The molecular formula is C13H20O3. The number of esters is 1. The Bertz CT molecular complexity index is 315. The largest absolute Gasteiger partial charge is 0.465 e. The molecule has 16 heavy (non-hydrogen) atoms. The van der Waals surface area contributed by atoms with E-state index in [1.54, 1.807) is 6.92 Å². The van der Waals surface area contributed by atoms with Crippen molar-refractivity contribution in [3.63, 3.8) is 0 Å². The quantitative estimate of drug-likeness (QED) is 0.409. The minimum Gasteiger partial charge on any atom is -0.465 e. The van der Waals surface area contributed by atoms with Crippen LogP contribution in [0.4, 0.5) is 0 Å². The van der Waals surface area contributed by atoms with Crippen LogP contribution in [-0.2, 0) is 14.3 Å². The minimum atomic E-state index is -0.133. The molecule has 0 bridgehead atoms. The monoisotopic (exact) mass is 224 g/mol. The van der Waals surface area contributed by atoms with Crippen LogP contribution in [0.3, 0.4) is 0 Å². The van der Waals surface area contributed by atoms with Crippen LogP contribution in [0.2, 0.25) is 0 Å². The van der Waals surface area contributed by atoms with Crippen molar-refractivity contribution < 1.29 is 14.3 Å². The van der Waals surface area contributed by atoms with E-state index >= 15 is 0 Å². The van der Waals surface area contributed by atoms with Crippen molar-refractivity contribution in [2.45, 2.75) is 34.1 Å². The van der Waals surface area contributed by atoms with Gasteiger partial charge in [-0.05, 0) is 30.3 Å². The van der Waals surface area contributed by atoms with Crippen molar-refractivity contribution in [1.29, 1.82) is 0 Å². The fourth-order valence-corrected chi connectivity index (χ4v) is 2.05. The minimum absolute atomic E-state index is 0.0743. The Morgan fingerprint density at radius 2 is 2.06 bits per heavy atom. The molecule has 90 valence electrons. The molecule has 0 spiro atoms. The first kappa shape index (κ1) is 12.9. The van der Waals surface area contributed by atoms with Crippen molar-refractivity contribution in [3.8, 4) is 0 Å². The molecule has 1 rings (SSSR count). The molecule has 0 saturated heterocycles. The van der Waals surface area contributed by atoms with Crippen LogP contribution < -0.4 is 0 Å². The van der Waals surface area contributed by atoms with Crippen molar-refractivity contribution in [2.75, 3.05) is 6.61 Å². The van der Waals surface area contributed by atoms with Gasteiger partial charge in [-0.3, -0.25) is 9.59 Å². The molecule has 2 unspecified atom stereocenters. The van der Waals surface area contributed by atoms with Gasteiger partial charge in [-0.15, -0.1) is 0 Å². The fourth-order valence-electron chi connectivity index (χ4n) is 2.05. The summed E-state index contributed by atoms with van der Waals surface area (Å²) < 4.78 is 5.14. The van der Waals surface area contributed by atoms with Crippen molar-refractivity contribution in [3.05, 3.63) is 11.6 Å². The highest BCUT2D eigenvalue weighted by molar-refractivity contribution is 5.79. The number of carbonyl (C=O) groups excluding carboxylic acids is 2.